The lowest BCUT2D eigenvalue weighted by Crippen LogP contribution is -2.22. The Labute approximate surface area is 157 Å². The van der Waals surface area contributed by atoms with Crippen molar-refractivity contribution < 1.29 is 28.5 Å². The first-order chi connectivity index (χ1) is 13.1. The van der Waals surface area contributed by atoms with Crippen LogP contribution in [0.4, 0.5) is 0 Å². The molecule has 6 heteroatoms. The lowest BCUT2D eigenvalue weighted by molar-refractivity contribution is -0.114. The van der Waals surface area contributed by atoms with Gasteiger partial charge in [-0.1, -0.05) is 12.2 Å². The Morgan fingerprint density at radius 3 is 2.33 bits per heavy atom. The Bertz CT molecular complexity index is 921. The number of hydrogen-bond donors (Lipinski definition) is 0. The van der Waals surface area contributed by atoms with E-state index in [1.807, 2.05) is 12.2 Å². The third kappa shape index (κ3) is 2.59. The van der Waals surface area contributed by atoms with Crippen LogP contribution in [0.15, 0.2) is 41.5 Å². The van der Waals surface area contributed by atoms with Crippen LogP contribution in [0.1, 0.15) is 12.0 Å². The van der Waals surface area contributed by atoms with Gasteiger partial charge in [-0.25, -0.2) is 0 Å². The van der Waals surface area contributed by atoms with Crippen molar-refractivity contribution >= 4 is 17.1 Å². The molecule has 0 unspecified atom stereocenters. The van der Waals surface area contributed by atoms with Gasteiger partial charge in [0, 0.05) is 35.7 Å². The molecule has 4 rings (SSSR count). The summed E-state index contributed by atoms with van der Waals surface area (Å²) in [5.74, 6) is 0.965. The van der Waals surface area contributed by atoms with Gasteiger partial charge in [-0.3, -0.25) is 9.59 Å². The average Bonchev–Trinajstić information content (AvgIpc) is 3.30. The van der Waals surface area contributed by atoms with Crippen LogP contribution < -0.4 is 14.2 Å². The third-order valence-electron chi connectivity index (χ3n) is 5.25. The standard InChI is InChI=1S/C21H20O6/c1-24-10-27-15-6-7-16(25-2)21(26-3)19(15)13-9-14(22)17-11-4-5-12(8-11)18(17)20(13)23/h4-7,9,11-12H,8,10H2,1-3H3/t11-,12+/m0/s1. The molecule has 27 heavy (non-hydrogen) atoms. The summed E-state index contributed by atoms with van der Waals surface area (Å²) in [5, 5.41) is 0. The summed E-state index contributed by atoms with van der Waals surface area (Å²) < 4.78 is 21.5. The molecule has 0 saturated carbocycles. The SMILES string of the molecule is COCOc1ccc(OC)c(OC)c1C1=CC(=O)C2=C(C1=O)[C@@H]1C=C[C@H]2C1. The molecule has 1 aromatic carbocycles. The van der Waals surface area contributed by atoms with Crippen molar-refractivity contribution in [3.05, 3.63) is 47.1 Å². The molecule has 0 N–H and O–H groups in total. The van der Waals surface area contributed by atoms with Crippen LogP contribution in [0.5, 0.6) is 17.2 Å². The predicted octanol–water partition coefficient (Wildman–Crippen LogP) is 2.72. The highest BCUT2D eigenvalue weighted by molar-refractivity contribution is 6.39. The van der Waals surface area contributed by atoms with Crippen LogP contribution in [0.25, 0.3) is 5.57 Å². The first kappa shape index (κ1) is 17.5. The Kier molecular flexibility index (Phi) is 4.36. The number of Topliss-reactive ketones (excluding diaryl/α,β-unsaturated/α-hetero) is 1. The molecule has 0 radical (unpaired) electrons. The largest absolute Gasteiger partial charge is 0.493 e. The number of ether oxygens (including phenoxy) is 4. The summed E-state index contributed by atoms with van der Waals surface area (Å²) >= 11 is 0. The highest BCUT2D eigenvalue weighted by Crippen LogP contribution is 2.51. The van der Waals surface area contributed by atoms with Crippen LogP contribution in [-0.4, -0.2) is 39.7 Å². The minimum absolute atomic E-state index is 0.000711. The second-order valence-electron chi connectivity index (χ2n) is 6.64. The summed E-state index contributed by atoms with van der Waals surface area (Å²) in [6.45, 7) is -0.000711. The second kappa shape index (κ2) is 6.70. The number of ketones is 2. The van der Waals surface area contributed by atoms with Crippen LogP contribution in [0.3, 0.4) is 0 Å². The average molecular weight is 368 g/mol. The van der Waals surface area contributed by atoms with Crippen LogP contribution in [0, 0.1) is 11.8 Å². The molecular formula is C21H20O6. The van der Waals surface area contributed by atoms with Crippen LogP contribution >= 0.6 is 0 Å². The van der Waals surface area contributed by atoms with Crippen molar-refractivity contribution in [2.45, 2.75) is 6.42 Å². The Hall–Kier alpha value is -2.86. The quantitative estimate of drug-likeness (QED) is 0.437. The summed E-state index contributed by atoms with van der Waals surface area (Å²) in [4.78, 5) is 26.2. The van der Waals surface area contributed by atoms with Gasteiger partial charge in [0.2, 0.25) is 0 Å². The number of carbonyl (C=O) groups is 2. The molecule has 2 atom stereocenters. The summed E-state index contributed by atoms with van der Waals surface area (Å²) in [7, 11) is 4.51. The summed E-state index contributed by atoms with van der Waals surface area (Å²) in [6.07, 6.45) is 6.23. The Morgan fingerprint density at radius 1 is 0.963 bits per heavy atom. The van der Waals surface area contributed by atoms with Gasteiger partial charge >= 0.3 is 0 Å². The van der Waals surface area contributed by atoms with Gasteiger partial charge < -0.3 is 18.9 Å². The molecule has 0 fully saturated rings. The predicted molar refractivity (Wildman–Crippen MR) is 97.8 cm³/mol. The fourth-order valence-corrected chi connectivity index (χ4v) is 4.14. The molecule has 2 bridgehead atoms. The van der Waals surface area contributed by atoms with E-state index < -0.39 is 0 Å². The molecule has 3 aliphatic rings. The van der Waals surface area contributed by atoms with Crippen LogP contribution in [0.2, 0.25) is 0 Å². The molecule has 0 spiro atoms. The molecule has 0 aliphatic heterocycles. The molecule has 3 aliphatic carbocycles. The van der Waals surface area contributed by atoms with Crippen molar-refractivity contribution in [1.29, 1.82) is 0 Å². The third-order valence-corrected chi connectivity index (χ3v) is 5.25. The number of benzene rings is 1. The van der Waals surface area contributed by atoms with E-state index in [2.05, 4.69) is 0 Å². The molecule has 140 valence electrons. The van der Waals surface area contributed by atoms with Gasteiger partial charge in [0.05, 0.1) is 19.8 Å². The van der Waals surface area contributed by atoms with E-state index in [9.17, 15) is 9.59 Å². The maximum atomic E-state index is 13.3. The van der Waals surface area contributed by atoms with E-state index >= 15 is 0 Å². The molecule has 1 aromatic rings. The van der Waals surface area contributed by atoms with Gasteiger partial charge in [-0.2, -0.15) is 0 Å². The number of allylic oxidation sites excluding steroid dienone is 6. The number of carbonyl (C=O) groups excluding carboxylic acids is 2. The summed E-state index contributed by atoms with van der Waals surface area (Å²) in [5.41, 5.74) is 1.91. The highest BCUT2D eigenvalue weighted by Gasteiger charge is 2.45. The Balaban J connectivity index is 1.85. The lowest BCUT2D eigenvalue weighted by atomic mass is 9.81. The zero-order valence-corrected chi connectivity index (χ0v) is 15.4. The lowest BCUT2D eigenvalue weighted by Gasteiger charge is -2.23. The van der Waals surface area contributed by atoms with E-state index in [1.165, 1.54) is 27.4 Å². The molecule has 0 saturated heterocycles. The van der Waals surface area contributed by atoms with Crippen molar-refractivity contribution in [2.24, 2.45) is 11.8 Å². The maximum absolute atomic E-state index is 13.3. The van der Waals surface area contributed by atoms with E-state index in [4.69, 9.17) is 18.9 Å². The van der Waals surface area contributed by atoms with Gasteiger partial charge in [-0.05, 0) is 24.6 Å². The fraction of sp³-hybridized carbons (Fsp3) is 0.333. The first-order valence-electron chi connectivity index (χ1n) is 8.70. The monoisotopic (exact) mass is 368 g/mol. The maximum Gasteiger partial charge on any atom is 0.191 e. The van der Waals surface area contributed by atoms with Crippen molar-refractivity contribution in [3.63, 3.8) is 0 Å². The molecule has 0 amide bonds. The number of fused-ring (bicyclic) bond motifs is 4. The normalized spacial score (nSPS) is 22.9. The van der Waals surface area contributed by atoms with Gasteiger partial charge in [0.25, 0.3) is 0 Å². The van der Waals surface area contributed by atoms with Gasteiger partial charge in [0.15, 0.2) is 29.9 Å². The fourth-order valence-electron chi connectivity index (χ4n) is 4.14. The molecule has 0 heterocycles. The zero-order chi connectivity index (χ0) is 19.1. The number of hydrogen-bond acceptors (Lipinski definition) is 6. The smallest absolute Gasteiger partial charge is 0.191 e. The minimum atomic E-state index is -0.157. The second-order valence-corrected chi connectivity index (χ2v) is 6.64. The highest BCUT2D eigenvalue weighted by atomic mass is 16.7. The van der Waals surface area contributed by atoms with E-state index in [1.54, 1.807) is 12.1 Å². The topological polar surface area (TPSA) is 71.1 Å². The molecular weight excluding hydrogens is 348 g/mol. The Morgan fingerprint density at radius 2 is 1.67 bits per heavy atom. The number of rotatable bonds is 6. The number of methoxy groups -OCH3 is 3. The van der Waals surface area contributed by atoms with Gasteiger partial charge in [-0.15, -0.1) is 0 Å². The van der Waals surface area contributed by atoms with Crippen molar-refractivity contribution in [3.8, 4) is 17.2 Å². The first-order valence-corrected chi connectivity index (χ1v) is 8.70. The van der Waals surface area contributed by atoms with Crippen LogP contribution in [-0.2, 0) is 14.3 Å². The van der Waals surface area contributed by atoms with Gasteiger partial charge in [0.1, 0.15) is 5.75 Å². The molecule has 0 aromatic heterocycles. The van der Waals surface area contributed by atoms with E-state index in [0.29, 0.717) is 34.0 Å². The van der Waals surface area contributed by atoms with E-state index in [0.717, 1.165) is 6.42 Å². The van der Waals surface area contributed by atoms with E-state index in [-0.39, 0.29) is 35.8 Å². The summed E-state index contributed by atoms with van der Waals surface area (Å²) in [6, 6.07) is 3.37. The zero-order valence-electron chi connectivity index (χ0n) is 15.4. The molecule has 6 nitrogen and oxygen atoms in total. The van der Waals surface area contributed by atoms with Crippen molar-refractivity contribution in [2.75, 3.05) is 28.1 Å². The van der Waals surface area contributed by atoms with Crippen molar-refractivity contribution in [1.82, 2.24) is 0 Å². The minimum Gasteiger partial charge on any atom is -0.493 e.